The average Bonchev–Trinajstić information content (AvgIpc) is 2.76. The summed E-state index contributed by atoms with van der Waals surface area (Å²) < 4.78 is 4.55. The van der Waals surface area contributed by atoms with Crippen LogP contribution in [0.4, 0.5) is 9.93 Å². The standard InChI is InChI=1S/C9H11N3O4S/c1-3-16-7(14)6(13)5-4-17-9(11-5)12-8(15)10-2/h4H,3H2,1-2H3,(H2,10,11,12,15). The summed E-state index contributed by atoms with van der Waals surface area (Å²) in [7, 11) is 1.45. The first kappa shape index (κ1) is 13.1. The van der Waals surface area contributed by atoms with Gasteiger partial charge in [-0.25, -0.2) is 14.6 Å². The molecule has 2 amide bonds. The molecule has 0 unspecified atom stereocenters. The number of rotatable bonds is 4. The van der Waals surface area contributed by atoms with E-state index in [1.165, 1.54) is 12.4 Å². The van der Waals surface area contributed by atoms with Crippen LogP contribution in [-0.2, 0) is 9.53 Å². The summed E-state index contributed by atoms with van der Waals surface area (Å²) in [5, 5.41) is 6.34. The summed E-state index contributed by atoms with van der Waals surface area (Å²) in [5.41, 5.74) is -0.0418. The maximum Gasteiger partial charge on any atom is 0.381 e. The lowest BCUT2D eigenvalue weighted by Gasteiger charge is -1.98. The van der Waals surface area contributed by atoms with Gasteiger partial charge in [-0.1, -0.05) is 0 Å². The molecule has 0 saturated heterocycles. The van der Waals surface area contributed by atoms with E-state index in [-0.39, 0.29) is 17.4 Å². The Morgan fingerprint density at radius 2 is 2.18 bits per heavy atom. The number of thiazole rings is 1. The monoisotopic (exact) mass is 257 g/mol. The van der Waals surface area contributed by atoms with Crippen molar-refractivity contribution >= 4 is 34.3 Å². The number of esters is 1. The van der Waals surface area contributed by atoms with Crippen molar-refractivity contribution in [2.75, 3.05) is 19.0 Å². The van der Waals surface area contributed by atoms with Gasteiger partial charge in [0.15, 0.2) is 5.13 Å². The summed E-state index contributed by atoms with van der Waals surface area (Å²) >= 11 is 1.05. The van der Waals surface area contributed by atoms with Gasteiger partial charge in [-0.15, -0.1) is 11.3 Å². The molecule has 0 aliphatic rings. The van der Waals surface area contributed by atoms with Crippen molar-refractivity contribution in [1.82, 2.24) is 10.3 Å². The minimum Gasteiger partial charge on any atom is -0.460 e. The van der Waals surface area contributed by atoms with Crippen molar-refractivity contribution in [3.8, 4) is 0 Å². The molecule has 1 aromatic heterocycles. The van der Waals surface area contributed by atoms with Gasteiger partial charge in [0.25, 0.3) is 5.78 Å². The van der Waals surface area contributed by atoms with Crippen LogP contribution < -0.4 is 10.6 Å². The summed E-state index contributed by atoms with van der Waals surface area (Å²) in [5.74, 6) is -1.78. The Labute approximate surface area is 101 Å². The molecule has 1 aromatic rings. The number of ether oxygens (including phenoxy) is 1. The first-order chi connectivity index (χ1) is 8.08. The Balaban J connectivity index is 2.70. The van der Waals surface area contributed by atoms with Gasteiger partial charge in [-0.05, 0) is 6.92 Å². The molecule has 0 aliphatic heterocycles. The largest absolute Gasteiger partial charge is 0.460 e. The molecule has 17 heavy (non-hydrogen) atoms. The zero-order chi connectivity index (χ0) is 12.8. The SMILES string of the molecule is CCOC(=O)C(=O)c1csc(NC(=O)NC)n1. The number of anilines is 1. The normalized spacial score (nSPS) is 9.53. The van der Waals surface area contributed by atoms with Crippen LogP contribution in [0, 0.1) is 0 Å². The molecule has 0 aromatic carbocycles. The van der Waals surface area contributed by atoms with Crippen LogP contribution in [0.25, 0.3) is 0 Å². The molecule has 0 saturated carbocycles. The molecule has 2 N–H and O–H groups in total. The van der Waals surface area contributed by atoms with Gasteiger partial charge in [-0.3, -0.25) is 10.1 Å². The Kier molecular flexibility index (Phi) is 4.58. The Hall–Kier alpha value is -1.96. The molecule has 0 fully saturated rings. The number of ketones is 1. The number of Topliss-reactive ketones (excluding diaryl/α,β-unsaturated/α-hetero) is 1. The lowest BCUT2D eigenvalue weighted by Crippen LogP contribution is -2.24. The summed E-state index contributed by atoms with van der Waals surface area (Å²) in [6, 6.07) is -0.450. The topological polar surface area (TPSA) is 97.4 Å². The minimum absolute atomic E-state index is 0.0418. The molecule has 0 radical (unpaired) electrons. The van der Waals surface area contributed by atoms with Crippen molar-refractivity contribution in [2.24, 2.45) is 0 Å². The van der Waals surface area contributed by atoms with Crippen LogP contribution in [0.3, 0.4) is 0 Å². The molecule has 1 rings (SSSR count). The van der Waals surface area contributed by atoms with Crippen molar-refractivity contribution in [2.45, 2.75) is 6.92 Å². The number of amides is 2. The highest BCUT2D eigenvalue weighted by Gasteiger charge is 2.20. The van der Waals surface area contributed by atoms with Gasteiger partial charge in [0.1, 0.15) is 5.69 Å². The van der Waals surface area contributed by atoms with Crippen LogP contribution >= 0.6 is 11.3 Å². The maximum atomic E-state index is 11.4. The van der Waals surface area contributed by atoms with Gasteiger partial charge in [0.2, 0.25) is 0 Å². The second-order valence-corrected chi connectivity index (χ2v) is 3.65. The van der Waals surface area contributed by atoms with Crippen LogP contribution in [0.5, 0.6) is 0 Å². The maximum absolute atomic E-state index is 11.4. The number of nitrogens with zero attached hydrogens (tertiary/aromatic N) is 1. The highest BCUT2D eigenvalue weighted by atomic mass is 32.1. The van der Waals surface area contributed by atoms with E-state index in [0.717, 1.165) is 11.3 Å². The molecule has 0 bridgehead atoms. The summed E-state index contributed by atoms with van der Waals surface area (Å²) in [6.45, 7) is 1.73. The van der Waals surface area contributed by atoms with Crippen molar-refractivity contribution in [3.05, 3.63) is 11.1 Å². The minimum atomic E-state index is -0.954. The number of aromatic nitrogens is 1. The highest BCUT2D eigenvalue weighted by molar-refractivity contribution is 7.14. The highest BCUT2D eigenvalue weighted by Crippen LogP contribution is 2.15. The second-order valence-electron chi connectivity index (χ2n) is 2.79. The second kappa shape index (κ2) is 5.94. The van der Waals surface area contributed by atoms with Crippen LogP contribution in [-0.4, -0.2) is 36.4 Å². The van der Waals surface area contributed by atoms with Crippen molar-refractivity contribution < 1.29 is 19.1 Å². The smallest absolute Gasteiger partial charge is 0.381 e. The van der Waals surface area contributed by atoms with E-state index in [1.807, 2.05) is 0 Å². The quantitative estimate of drug-likeness (QED) is 0.468. The fourth-order valence-electron chi connectivity index (χ4n) is 0.896. The van der Waals surface area contributed by atoms with E-state index in [9.17, 15) is 14.4 Å². The fraction of sp³-hybridized carbons (Fsp3) is 0.333. The molecule has 7 nitrogen and oxygen atoms in total. The molecule has 0 aliphatic carbocycles. The lowest BCUT2D eigenvalue weighted by atomic mass is 10.3. The Morgan fingerprint density at radius 3 is 2.76 bits per heavy atom. The first-order valence-corrected chi connectivity index (χ1v) is 5.62. The van der Waals surface area contributed by atoms with E-state index >= 15 is 0 Å². The van der Waals surface area contributed by atoms with E-state index in [4.69, 9.17) is 0 Å². The first-order valence-electron chi connectivity index (χ1n) is 4.74. The van der Waals surface area contributed by atoms with E-state index in [2.05, 4.69) is 20.4 Å². The zero-order valence-corrected chi connectivity index (χ0v) is 10.1. The third kappa shape index (κ3) is 3.52. The molecule has 0 spiro atoms. The number of carbonyl (C=O) groups excluding carboxylic acids is 3. The number of urea groups is 1. The lowest BCUT2D eigenvalue weighted by molar-refractivity contribution is -0.137. The van der Waals surface area contributed by atoms with Gasteiger partial charge >= 0.3 is 12.0 Å². The van der Waals surface area contributed by atoms with Crippen LogP contribution in [0.15, 0.2) is 5.38 Å². The molecular formula is C9H11N3O4S. The third-order valence-electron chi connectivity index (χ3n) is 1.65. The Bertz CT molecular complexity index is 443. The third-order valence-corrected chi connectivity index (χ3v) is 2.40. The predicted octanol–water partition coefficient (Wildman–Crippen LogP) is 0.640. The number of hydrogen-bond donors (Lipinski definition) is 2. The van der Waals surface area contributed by atoms with E-state index in [0.29, 0.717) is 0 Å². The zero-order valence-electron chi connectivity index (χ0n) is 9.27. The van der Waals surface area contributed by atoms with Crippen molar-refractivity contribution in [3.63, 3.8) is 0 Å². The average molecular weight is 257 g/mol. The number of nitrogens with one attached hydrogen (secondary N) is 2. The van der Waals surface area contributed by atoms with Gasteiger partial charge in [0, 0.05) is 12.4 Å². The van der Waals surface area contributed by atoms with E-state index < -0.39 is 17.8 Å². The molecule has 1 heterocycles. The van der Waals surface area contributed by atoms with E-state index in [1.54, 1.807) is 6.92 Å². The van der Waals surface area contributed by atoms with Crippen LogP contribution in [0.1, 0.15) is 17.4 Å². The Morgan fingerprint density at radius 1 is 1.47 bits per heavy atom. The number of carbonyl (C=O) groups is 3. The van der Waals surface area contributed by atoms with Gasteiger partial charge in [-0.2, -0.15) is 0 Å². The molecule has 92 valence electrons. The summed E-state index contributed by atoms with van der Waals surface area (Å²) in [6.07, 6.45) is 0. The van der Waals surface area contributed by atoms with Gasteiger partial charge < -0.3 is 10.1 Å². The molecular weight excluding hydrogens is 246 g/mol. The van der Waals surface area contributed by atoms with Crippen LogP contribution in [0.2, 0.25) is 0 Å². The summed E-state index contributed by atoms with van der Waals surface area (Å²) in [4.78, 5) is 37.3. The fourth-order valence-corrected chi connectivity index (χ4v) is 1.58. The van der Waals surface area contributed by atoms with Gasteiger partial charge in [0.05, 0.1) is 6.61 Å². The van der Waals surface area contributed by atoms with Crippen molar-refractivity contribution in [1.29, 1.82) is 0 Å². The molecule has 8 heteroatoms. The molecule has 0 atom stereocenters. The predicted molar refractivity (Wildman–Crippen MR) is 61.2 cm³/mol. The number of hydrogen-bond acceptors (Lipinski definition) is 6.